The summed E-state index contributed by atoms with van der Waals surface area (Å²) in [5.41, 5.74) is 1.11. The van der Waals surface area contributed by atoms with Gasteiger partial charge in [-0.3, -0.25) is 4.79 Å². The van der Waals surface area contributed by atoms with Gasteiger partial charge in [0.15, 0.2) is 5.16 Å². The van der Waals surface area contributed by atoms with Crippen molar-refractivity contribution in [1.29, 1.82) is 0 Å². The maximum atomic E-state index is 12.2. The number of aryl methyl sites for hydroxylation is 1. The van der Waals surface area contributed by atoms with E-state index in [-0.39, 0.29) is 11.9 Å². The summed E-state index contributed by atoms with van der Waals surface area (Å²) in [6.07, 6.45) is 7.18. The Hall–Kier alpha value is -1.82. The van der Waals surface area contributed by atoms with Crippen molar-refractivity contribution in [3.05, 3.63) is 41.7 Å². The van der Waals surface area contributed by atoms with Gasteiger partial charge in [0.05, 0.1) is 11.8 Å². The summed E-state index contributed by atoms with van der Waals surface area (Å²) in [5.74, 6) is 1.36. The van der Waals surface area contributed by atoms with Gasteiger partial charge in [0.25, 0.3) is 0 Å². The Kier molecular flexibility index (Phi) is 8.68. The minimum Gasteiger partial charge on any atom is -0.349 e. The molecule has 0 aliphatic rings. The van der Waals surface area contributed by atoms with Crippen LogP contribution in [-0.2, 0) is 18.3 Å². The summed E-state index contributed by atoms with van der Waals surface area (Å²) >= 11 is 1.44. The fourth-order valence-corrected chi connectivity index (χ4v) is 3.55. The predicted octanol–water partition coefficient (Wildman–Crippen LogP) is 4.30. The van der Waals surface area contributed by atoms with Crippen molar-refractivity contribution >= 4 is 17.7 Å². The molecule has 1 aromatic carbocycles. The molecule has 2 aromatic rings. The lowest BCUT2D eigenvalue weighted by Crippen LogP contribution is -2.28. The monoisotopic (exact) mass is 374 g/mol. The van der Waals surface area contributed by atoms with E-state index in [0.29, 0.717) is 5.75 Å². The number of nitrogens with one attached hydrogen (secondary N) is 1. The zero-order chi connectivity index (χ0) is 18.8. The zero-order valence-electron chi connectivity index (χ0n) is 16.1. The van der Waals surface area contributed by atoms with Gasteiger partial charge in [-0.25, -0.2) is 0 Å². The zero-order valence-corrected chi connectivity index (χ0v) is 16.9. The number of thioether (sulfide) groups is 1. The van der Waals surface area contributed by atoms with E-state index in [1.54, 1.807) is 0 Å². The van der Waals surface area contributed by atoms with E-state index in [0.717, 1.165) is 29.4 Å². The molecule has 5 nitrogen and oxygen atoms in total. The minimum absolute atomic E-state index is 0.00229. The smallest absolute Gasteiger partial charge is 0.230 e. The molecule has 26 heavy (non-hydrogen) atoms. The molecule has 0 saturated carbocycles. The Labute approximate surface area is 161 Å². The largest absolute Gasteiger partial charge is 0.349 e. The van der Waals surface area contributed by atoms with E-state index < -0.39 is 0 Å². The van der Waals surface area contributed by atoms with Gasteiger partial charge in [0.1, 0.15) is 5.82 Å². The van der Waals surface area contributed by atoms with Crippen LogP contribution >= 0.6 is 11.8 Å². The average Bonchev–Trinajstić information content (AvgIpc) is 3.00. The van der Waals surface area contributed by atoms with E-state index in [9.17, 15) is 4.79 Å². The maximum absolute atomic E-state index is 12.2. The summed E-state index contributed by atoms with van der Waals surface area (Å²) in [5, 5.41) is 12.3. The van der Waals surface area contributed by atoms with Gasteiger partial charge < -0.3 is 9.88 Å². The molecule has 6 heteroatoms. The number of hydrogen-bond donors (Lipinski definition) is 1. The van der Waals surface area contributed by atoms with Crippen LogP contribution < -0.4 is 5.32 Å². The third-order valence-electron chi connectivity index (χ3n) is 4.44. The van der Waals surface area contributed by atoms with E-state index in [1.807, 2.05) is 48.9 Å². The van der Waals surface area contributed by atoms with Crippen molar-refractivity contribution < 1.29 is 4.79 Å². The van der Waals surface area contributed by atoms with E-state index in [2.05, 4.69) is 22.4 Å². The number of carbonyl (C=O) groups excluding carboxylic acids is 1. The van der Waals surface area contributed by atoms with Crippen molar-refractivity contribution in [3.8, 4) is 0 Å². The van der Waals surface area contributed by atoms with Gasteiger partial charge in [-0.05, 0) is 18.9 Å². The molecule has 0 bridgehead atoms. The molecule has 1 N–H and O–H groups in total. The topological polar surface area (TPSA) is 59.8 Å². The van der Waals surface area contributed by atoms with E-state index in [4.69, 9.17) is 0 Å². The molecule has 0 spiro atoms. The number of hydrogen-bond acceptors (Lipinski definition) is 4. The molecular weight excluding hydrogens is 344 g/mol. The Balaban J connectivity index is 1.75. The number of rotatable bonds is 11. The van der Waals surface area contributed by atoms with Crippen molar-refractivity contribution in [2.24, 2.45) is 7.05 Å². The van der Waals surface area contributed by atoms with Crippen LogP contribution in [0.4, 0.5) is 0 Å². The third-order valence-corrected chi connectivity index (χ3v) is 5.46. The first-order valence-electron chi connectivity index (χ1n) is 9.47. The quantitative estimate of drug-likeness (QED) is 0.471. The van der Waals surface area contributed by atoms with Gasteiger partial charge in [-0.15, -0.1) is 10.2 Å². The molecule has 1 heterocycles. The highest BCUT2D eigenvalue weighted by molar-refractivity contribution is 7.99. The van der Waals surface area contributed by atoms with Crippen LogP contribution in [0, 0.1) is 0 Å². The molecule has 142 valence electrons. The number of carbonyl (C=O) groups is 1. The Morgan fingerprint density at radius 3 is 2.62 bits per heavy atom. The average molecular weight is 375 g/mol. The molecule has 1 amide bonds. The molecule has 0 unspecified atom stereocenters. The molecule has 0 saturated heterocycles. The summed E-state index contributed by atoms with van der Waals surface area (Å²) < 4.78 is 2.01. The lowest BCUT2D eigenvalue weighted by Gasteiger charge is -2.13. The van der Waals surface area contributed by atoms with Crippen LogP contribution in [0.5, 0.6) is 0 Å². The van der Waals surface area contributed by atoms with Crippen LogP contribution in [0.15, 0.2) is 35.5 Å². The van der Waals surface area contributed by atoms with Crippen molar-refractivity contribution in [2.75, 3.05) is 5.75 Å². The Bertz CT molecular complexity index is 672. The molecular formula is C20H30N4OS. The van der Waals surface area contributed by atoms with Gasteiger partial charge in [-0.2, -0.15) is 0 Å². The van der Waals surface area contributed by atoms with Crippen LogP contribution in [0.1, 0.15) is 63.4 Å². The molecule has 0 aliphatic carbocycles. The lowest BCUT2D eigenvalue weighted by atomic mass is 10.1. The lowest BCUT2D eigenvalue weighted by molar-refractivity contribution is -0.119. The predicted molar refractivity (Wildman–Crippen MR) is 107 cm³/mol. The second-order valence-corrected chi connectivity index (χ2v) is 7.55. The van der Waals surface area contributed by atoms with E-state index >= 15 is 0 Å². The summed E-state index contributed by atoms with van der Waals surface area (Å²) in [4.78, 5) is 12.2. The number of nitrogens with zero attached hydrogens (tertiary/aromatic N) is 3. The summed E-state index contributed by atoms with van der Waals surface area (Å²) in [6, 6.07) is 9.99. The molecule has 0 aliphatic heterocycles. The second-order valence-electron chi connectivity index (χ2n) is 6.61. The van der Waals surface area contributed by atoms with Crippen LogP contribution in [-0.4, -0.2) is 26.4 Å². The molecule has 0 fully saturated rings. The second kappa shape index (κ2) is 11.0. The highest BCUT2D eigenvalue weighted by Gasteiger charge is 2.13. The van der Waals surface area contributed by atoms with Gasteiger partial charge in [0.2, 0.25) is 5.91 Å². The van der Waals surface area contributed by atoms with Crippen molar-refractivity contribution in [1.82, 2.24) is 20.1 Å². The van der Waals surface area contributed by atoms with Gasteiger partial charge in [-0.1, -0.05) is 74.7 Å². The highest BCUT2D eigenvalue weighted by atomic mass is 32.2. The number of benzene rings is 1. The first-order valence-corrected chi connectivity index (χ1v) is 10.5. The van der Waals surface area contributed by atoms with Crippen molar-refractivity contribution in [3.63, 3.8) is 0 Å². The number of unbranched alkanes of at least 4 members (excludes halogenated alkanes) is 4. The highest BCUT2D eigenvalue weighted by Crippen LogP contribution is 2.18. The van der Waals surface area contributed by atoms with Gasteiger partial charge in [0, 0.05) is 13.5 Å². The fourth-order valence-electron chi connectivity index (χ4n) is 2.81. The molecule has 1 atom stereocenters. The fraction of sp³-hybridized carbons (Fsp3) is 0.550. The third kappa shape index (κ3) is 6.48. The first-order chi connectivity index (χ1) is 12.6. The van der Waals surface area contributed by atoms with Gasteiger partial charge >= 0.3 is 0 Å². The summed E-state index contributed by atoms with van der Waals surface area (Å²) in [7, 11) is 1.98. The molecule has 1 aromatic heterocycles. The molecule has 0 radical (unpaired) electrons. The standard InChI is InChI=1S/C20H30N4OS/c1-4-5-6-7-11-14-18-22-23-20(24(18)3)26-15-19(25)21-16(2)17-12-9-8-10-13-17/h8-10,12-13,16H,4-7,11,14-15H2,1-3H3,(H,21,25)/t16-/m1/s1. The van der Waals surface area contributed by atoms with Crippen LogP contribution in [0.2, 0.25) is 0 Å². The Morgan fingerprint density at radius 1 is 1.15 bits per heavy atom. The number of aromatic nitrogens is 3. The molecule has 2 rings (SSSR count). The van der Waals surface area contributed by atoms with E-state index in [1.165, 1.54) is 37.4 Å². The Morgan fingerprint density at radius 2 is 1.88 bits per heavy atom. The van der Waals surface area contributed by atoms with Crippen LogP contribution in [0.3, 0.4) is 0 Å². The minimum atomic E-state index is 0.00229. The van der Waals surface area contributed by atoms with Crippen LogP contribution in [0.25, 0.3) is 0 Å². The SMILES string of the molecule is CCCCCCCc1nnc(SCC(=O)N[C@H](C)c2ccccc2)n1C. The van der Waals surface area contributed by atoms with Crippen molar-refractivity contribution in [2.45, 2.75) is 63.6 Å². The summed E-state index contributed by atoms with van der Waals surface area (Å²) in [6.45, 7) is 4.22. The normalized spacial score (nSPS) is 12.1. The number of amides is 1. The maximum Gasteiger partial charge on any atom is 0.230 e. The first kappa shape index (κ1) is 20.5.